The van der Waals surface area contributed by atoms with Crippen molar-refractivity contribution in [2.24, 2.45) is 0 Å². The fourth-order valence-electron chi connectivity index (χ4n) is 1.77. The second kappa shape index (κ2) is 3.50. The zero-order chi connectivity index (χ0) is 11.0. The maximum atomic E-state index is 11.3. The number of nitrogens with zero attached hydrogens (tertiary/aromatic N) is 2. The molecule has 2 aromatic rings. The van der Waals surface area contributed by atoms with E-state index in [1.165, 1.54) is 0 Å². The van der Waals surface area contributed by atoms with Crippen LogP contribution in [0.4, 0.5) is 0 Å². The standard InChI is InChI=1S/C12H14N2O/c1-4-12-13-8(2)11-6-5-10(9(3)15)7-14(11)12/h5-7H,4H2,1-3H3. The van der Waals surface area contributed by atoms with Crippen LogP contribution in [0.1, 0.15) is 35.7 Å². The van der Waals surface area contributed by atoms with Crippen molar-refractivity contribution in [1.82, 2.24) is 9.38 Å². The Balaban J connectivity index is 2.73. The van der Waals surface area contributed by atoms with Crippen molar-refractivity contribution in [3.05, 3.63) is 35.4 Å². The summed E-state index contributed by atoms with van der Waals surface area (Å²) < 4.78 is 2.01. The van der Waals surface area contributed by atoms with Gasteiger partial charge in [-0.25, -0.2) is 4.98 Å². The molecule has 0 saturated carbocycles. The fourth-order valence-corrected chi connectivity index (χ4v) is 1.77. The number of fused-ring (bicyclic) bond motifs is 1. The highest BCUT2D eigenvalue weighted by Gasteiger charge is 2.08. The number of aromatic nitrogens is 2. The molecular formula is C12H14N2O. The molecule has 0 amide bonds. The van der Waals surface area contributed by atoms with Gasteiger partial charge in [0.2, 0.25) is 0 Å². The molecule has 0 atom stereocenters. The van der Waals surface area contributed by atoms with E-state index in [9.17, 15) is 4.79 Å². The van der Waals surface area contributed by atoms with Gasteiger partial charge < -0.3 is 4.40 Å². The molecule has 0 aliphatic heterocycles. The molecule has 0 spiro atoms. The molecule has 0 bridgehead atoms. The topological polar surface area (TPSA) is 34.4 Å². The third kappa shape index (κ3) is 1.54. The first kappa shape index (κ1) is 9.90. The highest BCUT2D eigenvalue weighted by Crippen LogP contribution is 2.14. The Bertz CT molecular complexity index is 526. The van der Waals surface area contributed by atoms with E-state index in [1.54, 1.807) is 6.92 Å². The Morgan fingerprint density at radius 3 is 2.80 bits per heavy atom. The van der Waals surface area contributed by atoms with Crippen LogP contribution < -0.4 is 0 Å². The van der Waals surface area contributed by atoms with Crippen molar-refractivity contribution in [3.63, 3.8) is 0 Å². The minimum atomic E-state index is 0.0882. The monoisotopic (exact) mass is 202 g/mol. The van der Waals surface area contributed by atoms with E-state index in [2.05, 4.69) is 11.9 Å². The summed E-state index contributed by atoms with van der Waals surface area (Å²) >= 11 is 0. The molecule has 0 radical (unpaired) electrons. The molecule has 78 valence electrons. The van der Waals surface area contributed by atoms with Gasteiger partial charge >= 0.3 is 0 Å². The van der Waals surface area contributed by atoms with Gasteiger partial charge in [-0.1, -0.05) is 6.92 Å². The first-order valence-corrected chi connectivity index (χ1v) is 5.12. The number of pyridine rings is 1. The van der Waals surface area contributed by atoms with E-state index in [0.29, 0.717) is 0 Å². The van der Waals surface area contributed by atoms with E-state index in [-0.39, 0.29) is 5.78 Å². The maximum Gasteiger partial charge on any atom is 0.161 e. The third-order valence-corrected chi connectivity index (χ3v) is 2.62. The van der Waals surface area contributed by atoms with Crippen LogP contribution in [0.15, 0.2) is 18.3 Å². The summed E-state index contributed by atoms with van der Waals surface area (Å²) in [5, 5.41) is 0. The van der Waals surface area contributed by atoms with Crippen LogP contribution in [0.3, 0.4) is 0 Å². The summed E-state index contributed by atoms with van der Waals surface area (Å²) in [6.45, 7) is 5.63. The summed E-state index contributed by atoms with van der Waals surface area (Å²) in [6, 6.07) is 3.81. The first-order valence-electron chi connectivity index (χ1n) is 5.12. The minimum Gasteiger partial charge on any atom is -0.303 e. The molecule has 0 fully saturated rings. The van der Waals surface area contributed by atoms with E-state index in [0.717, 1.165) is 29.0 Å². The molecule has 2 heterocycles. The molecule has 0 N–H and O–H groups in total. The number of hydrogen-bond acceptors (Lipinski definition) is 2. The number of carbonyl (C=O) groups excluding carboxylic acids is 1. The molecule has 0 aliphatic rings. The van der Waals surface area contributed by atoms with Crippen molar-refractivity contribution >= 4 is 11.3 Å². The lowest BCUT2D eigenvalue weighted by atomic mass is 10.2. The number of hydrogen-bond donors (Lipinski definition) is 0. The lowest BCUT2D eigenvalue weighted by Gasteiger charge is -2.00. The zero-order valence-corrected chi connectivity index (χ0v) is 9.24. The number of rotatable bonds is 2. The number of imidazole rings is 1. The molecule has 3 heteroatoms. The molecule has 2 rings (SSSR count). The van der Waals surface area contributed by atoms with Crippen molar-refractivity contribution < 1.29 is 4.79 Å². The van der Waals surface area contributed by atoms with Gasteiger partial charge in [-0.05, 0) is 26.0 Å². The summed E-state index contributed by atoms with van der Waals surface area (Å²) in [4.78, 5) is 15.7. The second-order valence-corrected chi connectivity index (χ2v) is 3.70. The normalized spacial score (nSPS) is 10.9. The molecule has 15 heavy (non-hydrogen) atoms. The molecule has 0 aromatic carbocycles. The Hall–Kier alpha value is -1.64. The lowest BCUT2D eigenvalue weighted by Crippen LogP contribution is -1.98. The van der Waals surface area contributed by atoms with Gasteiger partial charge in [-0.3, -0.25) is 4.79 Å². The van der Waals surface area contributed by atoms with Gasteiger partial charge in [0.25, 0.3) is 0 Å². The minimum absolute atomic E-state index is 0.0882. The zero-order valence-electron chi connectivity index (χ0n) is 9.24. The Morgan fingerprint density at radius 2 is 2.20 bits per heavy atom. The Morgan fingerprint density at radius 1 is 1.47 bits per heavy atom. The molecule has 0 unspecified atom stereocenters. The van der Waals surface area contributed by atoms with Crippen LogP contribution in [-0.2, 0) is 6.42 Å². The van der Waals surface area contributed by atoms with Crippen molar-refractivity contribution in [2.45, 2.75) is 27.2 Å². The lowest BCUT2D eigenvalue weighted by molar-refractivity contribution is 0.101. The molecule has 2 aromatic heterocycles. The van der Waals surface area contributed by atoms with Crippen LogP contribution in [0.25, 0.3) is 5.52 Å². The summed E-state index contributed by atoms with van der Waals surface area (Å²) in [7, 11) is 0. The molecule has 3 nitrogen and oxygen atoms in total. The van der Waals surface area contributed by atoms with Crippen molar-refractivity contribution in [1.29, 1.82) is 0 Å². The number of carbonyl (C=O) groups is 1. The number of aryl methyl sites for hydroxylation is 2. The van der Waals surface area contributed by atoms with E-state index >= 15 is 0 Å². The highest BCUT2D eigenvalue weighted by molar-refractivity contribution is 5.94. The van der Waals surface area contributed by atoms with Gasteiger partial charge in [0.1, 0.15) is 5.82 Å². The van der Waals surface area contributed by atoms with E-state index in [1.807, 2.05) is 29.7 Å². The number of ketones is 1. The van der Waals surface area contributed by atoms with Gasteiger partial charge in [-0.15, -0.1) is 0 Å². The smallest absolute Gasteiger partial charge is 0.161 e. The van der Waals surface area contributed by atoms with Gasteiger partial charge in [0, 0.05) is 18.2 Å². The third-order valence-electron chi connectivity index (χ3n) is 2.62. The van der Waals surface area contributed by atoms with E-state index < -0.39 is 0 Å². The molecular weight excluding hydrogens is 188 g/mol. The highest BCUT2D eigenvalue weighted by atomic mass is 16.1. The quantitative estimate of drug-likeness (QED) is 0.701. The Labute approximate surface area is 88.8 Å². The SMILES string of the molecule is CCc1nc(C)c2ccc(C(C)=O)cn12. The predicted octanol–water partition coefficient (Wildman–Crippen LogP) is 2.41. The second-order valence-electron chi connectivity index (χ2n) is 3.70. The van der Waals surface area contributed by atoms with Crippen molar-refractivity contribution in [3.8, 4) is 0 Å². The average Bonchev–Trinajstić information content (AvgIpc) is 2.55. The number of Topliss-reactive ketones (excluding diaryl/α,β-unsaturated/α-hetero) is 1. The first-order chi connectivity index (χ1) is 7.13. The van der Waals surface area contributed by atoms with Crippen LogP contribution >= 0.6 is 0 Å². The van der Waals surface area contributed by atoms with Crippen LogP contribution in [-0.4, -0.2) is 15.2 Å². The predicted molar refractivity (Wildman–Crippen MR) is 59.3 cm³/mol. The largest absolute Gasteiger partial charge is 0.303 e. The van der Waals surface area contributed by atoms with Crippen molar-refractivity contribution in [2.75, 3.05) is 0 Å². The fraction of sp³-hybridized carbons (Fsp3) is 0.333. The van der Waals surface area contributed by atoms with Crippen LogP contribution in [0.2, 0.25) is 0 Å². The molecule has 0 aliphatic carbocycles. The van der Waals surface area contributed by atoms with Gasteiger partial charge in [0.15, 0.2) is 5.78 Å². The summed E-state index contributed by atoms with van der Waals surface area (Å²) in [5.41, 5.74) is 2.83. The summed E-state index contributed by atoms with van der Waals surface area (Å²) in [6.07, 6.45) is 2.74. The average molecular weight is 202 g/mol. The molecule has 0 saturated heterocycles. The maximum absolute atomic E-state index is 11.3. The Kier molecular flexibility index (Phi) is 2.31. The van der Waals surface area contributed by atoms with Gasteiger partial charge in [0.05, 0.1) is 11.2 Å². The van der Waals surface area contributed by atoms with Crippen LogP contribution in [0.5, 0.6) is 0 Å². The van der Waals surface area contributed by atoms with Gasteiger partial charge in [-0.2, -0.15) is 0 Å². The van der Waals surface area contributed by atoms with Crippen LogP contribution in [0, 0.1) is 6.92 Å². The van der Waals surface area contributed by atoms with E-state index in [4.69, 9.17) is 0 Å². The summed E-state index contributed by atoms with van der Waals surface area (Å²) in [5.74, 6) is 1.09.